The summed E-state index contributed by atoms with van der Waals surface area (Å²) in [4.78, 5) is 0. The Morgan fingerprint density at radius 3 is 2.44 bits per heavy atom. The lowest BCUT2D eigenvalue weighted by atomic mass is 10.1. The Bertz CT molecular complexity index is 429. The molecule has 0 aromatic heterocycles. The minimum Gasteiger partial charge on any atom is -0.308 e. The lowest BCUT2D eigenvalue weighted by molar-refractivity contribution is 0.541. The van der Waals surface area contributed by atoms with Gasteiger partial charge < -0.3 is 5.32 Å². The Kier molecular flexibility index (Phi) is 4.59. The highest BCUT2D eigenvalue weighted by molar-refractivity contribution is 9.11. The van der Waals surface area contributed by atoms with Gasteiger partial charge in [-0.2, -0.15) is 5.26 Å². The summed E-state index contributed by atoms with van der Waals surface area (Å²) in [7, 11) is 0. The Labute approximate surface area is 101 Å². The molecular weight excluding hydrogens is 278 g/mol. The van der Waals surface area contributed by atoms with E-state index >= 15 is 0 Å². The molecular formula is C11H9BrF2N2. The lowest BCUT2D eigenvalue weighted by Crippen LogP contribution is -2.16. The number of nitrogens with one attached hydrogen (secondary N) is 1. The molecule has 0 heterocycles. The number of benzene rings is 1. The Hall–Kier alpha value is -1.25. The molecule has 16 heavy (non-hydrogen) atoms. The van der Waals surface area contributed by atoms with Crippen molar-refractivity contribution < 1.29 is 8.78 Å². The average molecular weight is 287 g/mol. The van der Waals surface area contributed by atoms with E-state index in [2.05, 4.69) is 27.8 Å². The minimum absolute atomic E-state index is 0.0244. The summed E-state index contributed by atoms with van der Waals surface area (Å²) in [5, 5.41) is 11.3. The zero-order valence-electron chi connectivity index (χ0n) is 8.36. The Balaban J connectivity index is 2.81. The van der Waals surface area contributed by atoms with Crippen molar-refractivity contribution in [2.24, 2.45) is 0 Å². The second kappa shape index (κ2) is 5.73. The monoisotopic (exact) mass is 286 g/mol. The first-order valence-corrected chi connectivity index (χ1v) is 5.26. The average Bonchev–Trinajstić information content (AvgIpc) is 2.21. The van der Waals surface area contributed by atoms with Gasteiger partial charge in [-0.1, -0.05) is 22.5 Å². The van der Waals surface area contributed by atoms with Crippen LogP contribution in [-0.2, 0) is 6.54 Å². The van der Waals surface area contributed by atoms with Crippen molar-refractivity contribution in [1.29, 1.82) is 5.26 Å². The zero-order chi connectivity index (χ0) is 12.1. The van der Waals surface area contributed by atoms with Crippen LogP contribution in [0.15, 0.2) is 23.2 Å². The van der Waals surface area contributed by atoms with Crippen molar-refractivity contribution in [3.63, 3.8) is 0 Å². The fourth-order valence-corrected chi connectivity index (χ4v) is 1.36. The molecule has 0 radical (unpaired) electrons. The summed E-state index contributed by atoms with van der Waals surface area (Å²) in [5.41, 5.74) is -0.101. The van der Waals surface area contributed by atoms with Crippen LogP contribution in [-0.4, -0.2) is 6.54 Å². The van der Waals surface area contributed by atoms with E-state index < -0.39 is 11.6 Å². The Morgan fingerprint density at radius 2 is 2.00 bits per heavy atom. The van der Waals surface area contributed by atoms with Crippen LogP contribution in [0.3, 0.4) is 0 Å². The molecule has 2 nitrogen and oxygen atoms in total. The van der Waals surface area contributed by atoms with Gasteiger partial charge in [0.2, 0.25) is 0 Å². The number of hydrogen-bond donors (Lipinski definition) is 1. The van der Waals surface area contributed by atoms with E-state index in [1.54, 1.807) is 6.07 Å². The molecule has 0 unspecified atom stereocenters. The minimum atomic E-state index is -0.718. The van der Waals surface area contributed by atoms with Gasteiger partial charge in [-0.25, -0.2) is 8.78 Å². The van der Waals surface area contributed by atoms with Crippen molar-refractivity contribution in [1.82, 2.24) is 5.32 Å². The molecule has 0 amide bonds. The summed E-state index contributed by atoms with van der Waals surface area (Å²) >= 11 is 3.12. The van der Waals surface area contributed by atoms with Crippen LogP contribution < -0.4 is 5.32 Å². The van der Waals surface area contributed by atoms with Gasteiger partial charge in [-0.3, -0.25) is 0 Å². The number of halogens is 3. The molecule has 0 aliphatic carbocycles. The predicted octanol–water partition coefficient (Wildman–Crippen LogP) is 2.83. The quantitative estimate of drug-likeness (QED) is 0.924. The summed E-state index contributed by atoms with van der Waals surface area (Å²) < 4.78 is 27.4. The van der Waals surface area contributed by atoms with Gasteiger partial charge in [0, 0.05) is 23.1 Å². The standard InChI is InChI=1S/C11H9BrF2N2/c1-7(12)5-16-6-9-10(13)2-8(4-15)3-11(9)14/h2-3,16H,1,5-6H2. The van der Waals surface area contributed by atoms with E-state index in [4.69, 9.17) is 5.26 Å². The molecule has 0 bridgehead atoms. The number of nitrogens with zero attached hydrogens (tertiary/aromatic N) is 1. The van der Waals surface area contributed by atoms with Gasteiger partial charge >= 0.3 is 0 Å². The SMILES string of the molecule is C=C(Br)CNCc1c(F)cc(C#N)cc1F. The van der Waals surface area contributed by atoms with Gasteiger partial charge in [0.15, 0.2) is 0 Å². The topological polar surface area (TPSA) is 35.8 Å². The van der Waals surface area contributed by atoms with Crippen molar-refractivity contribution in [2.45, 2.75) is 6.54 Å². The molecule has 1 rings (SSSR count). The molecule has 1 aromatic carbocycles. The summed E-state index contributed by atoms with van der Waals surface area (Å²) in [6, 6.07) is 3.72. The summed E-state index contributed by atoms with van der Waals surface area (Å²) in [5.74, 6) is -1.44. The molecule has 0 saturated carbocycles. The van der Waals surface area contributed by atoms with Gasteiger partial charge in [-0.15, -0.1) is 0 Å². The highest BCUT2D eigenvalue weighted by Gasteiger charge is 2.10. The van der Waals surface area contributed by atoms with E-state index in [1.807, 2.05) is 0 Å². The third-order valence-corrected chi connectivity index (χ3v) is 2.17. The van der Waals surface area contributed by atoms with E-state index in [0.717, 1.165) is 12.1 Å². The number of hydrogen-bond acceptors (Lipinski definition) is 2. The molecule has 0 saturated heterocycles. The van der Waals surface area contributed by atoms with Crippen molar-refractivity contribution in [3.8, 4) is 6.07 Å². The summed E-state index contributed by atoms with van der Waals surface area (Å²) in [6.07, 6.45) is 0. The van der Waals surface area contributed by atoms with E-state index in [1.165, 1.54) is 0 Å². The fraction of sp³-hybridized carbons (Fsp3) is 0.182. The molecule has 84 valence electrons. The molecule has 1 N–H and O–H groups in total. The first-order chi connectivity index (χ1) is 7.54. The largest absolute Gasteiger partial charge is 0.308 e. The maximum Gasteiger partial charge on any atom is 0.131 e. The maximum absolute atomic E-state index is 13.4. The Morgan fingerprint density at radius 1 is 1.44 bits per heavy atom. The lowest BCUT2D eigenvalue weighted by Gasteiger charge is -2.06. The third-order valence-electron chi connectivity index (χ3n) is 1.89. The molecule has 1 aromatic rings. The van der Waals surface area contributed by atoms with E-state index in [-0.39, 0.29) is 17.7 Å². The van der Waals surface area contributed by atoms with Crippen LogP contribution in [0, 0.1) is 23.0 Å². The molecule has 5 heteroatoms. The summed E-state index contributed by atoms with van der Waals surface area (Å²) in [6.45, 7) is 4.05. The highest BCUT2D eigenvalue weighted by Crippen LogP contribution is 2.15. The maximum atomic E-state index is 13.4. The molecule has 0 aliphatic heterocycles. The van der Waals surface area contributed by atoms with Crippen LogP contribution in [0.1, 0.15) is 11.1 Å². The fourth-order valence-electron chi connectivity index (χ4n) is 1.16. The van der Waals surface area contributed by atoms with Crippen LogP contribution >= 0.6 is 15.9 Å². The zero-order valence-corrected chi connectivity index (χ0v) is 9.94. The van der Waals surface area contributed by atoms with Gasteiger partial charge in [0.25, 0.3) is 0 Å². The number of nitriles is 1. The second-order valence-electron chi connectivity index (χ2n) is 3.15. The normalized spacial score (nSPS) is 9.88. The second-order valence-corrected chi connectivity index (χ2v) is 4.27. The first-order valence-electron chi connectivity index (χ1n) is 4.46. The molecule has 0 fully saturated rings. The molecule has 0 spiro atoms. The first kappa shape index (κ1) is 12.8. The highest BCUT2D eigenvalue weighted by atomic mass is 79.9. The van der Waals surface area contributed by atoms with E-state index in [9.17, 15) is 8.78 Å². The molecule has 0 aliphatic rings. The van der Waals surface area contributed by atoms with Crippen LogP contribution in [0.2, 0.25) is 0 Å². The van der Waals surface area contributed by atoms with Crippen LogP contribution in [0.4, 0.5) is 8.78 Å². The van der Waals surface area contributed by atoms with Crippen LogP contribution in [0.25, 0.3) is 0 Å². The van der Waals surface area contributed by atoms with Crippen molar-refractivity contribution in [3.05, 3.63) is 46.0 Å². The molecule has 0 atom stereocenters. The predicted molar refractivity (Wildman–Crippen MR) is 60.8 cm³/mol. The van der Waals surface area contributed by atoms with Crippen LogP contribution in [0.5, 0.6) is 0 Å². The van der Waals surface area contributed by atoms with Gasteiger partial charge in [0.05, 0.1) is 11.6 Å². The van der Waals surface area contributed by atoms with Gasteiger partial charge in [0.1, 0.15) is 11.6 Å². The third kappa shape index (κ3) is 3.40. The number of rotatable bonds is 4. The smallest absolute Gasteiger partial charge is 0.131 e. The van der Waals surface area contributed by atoms with Gasteiger partial charge in [-0.05, 0) is 12.1 Å². The van der Waals surface area contributed by atoms with Crippen molar-refractivity contribution >= 4 is 15.9 Å². The van der Waals surface area contributed by atoms with Crippen molar-refractivity contribution in [2.75, 3.05) is 6.54 Å². The van der Waals surface area contributed by atoms with E-state index in [0.29, 0.717) is 11.0 Å².